The van der Waals surface area contributed by atoms with Crippen LogP contribution in [0.2, 0.25) is 0 Å². The fourth-order valence-corrected chi connectivity index (χ4v) is 8.23. The molecule has 0 aromatic heterocycles. The van der Waals surface area contributed by atoms with Gasteiger partial charge in [0.25, 0.3) is 0 Å². The van der Waals surface area contributed by atoms with Crippen molar-refractivity contribution in [1.29, 1.82) is 0 Å². The minimum atomic E-state index is -0.763. The highest BCUT2D eigenvalue weighted by atomic mass is 16.6. The zero-order valence-corrected chi connectivity index (χ0v) is 42.0. The molecule has 6 heteroatoms. The summed E-state index contributed by atoms with van der Waals surface area (Å²) in [7, 11) is 0. The van der Waals surface area contributed by atoms with Crippen molar-refractivity contribution in [3.05, 3.63) is 0 Å². The highest BCUT2D eigenvalue weighted by molar-refractivity contribution is 5.71. The predicted octanol–water partition coefficient (Wildman–Crippen LogP) is 17.6. The molecule has 0 spiro atoms. The van der Waals surface area contributed by atoms with Crippen LogP contribution in [0.15, 0.2) is 0 Å². The van der Waals surface area contributed by atoms with E-state index in [9.17, 15) is 14.4 Å². The van der Waals surface area contributed by atoms with E-state index in [-0.39, 0.29) is 31.1 Å². The van der Waals surface area contributed by atoms with Gasteiger partial charge in [-0.3, -0.25) is 14.4 Å². The van der Waals surface area contributed by atoms with Gasteiger partial charge < -0.3 is 14.2 Å². The zero-order chi connectivity index (χ0) is 44.9. The van der Waals surface area contributed by atoms with Crippen molar-refractivity contribution in [3.63, 3.8) is 0 Å². The molecular weight excluding hydrogens is 757 g/mol. The number of carbonyl (C=O) groups is 3. The first-order chi connectivity index (χ1) is 29.7. The van der Waals surface area contributed by atoms with Crippen LogP contribution in [-0.4, -0.2) is 37.2 Å². The Hall–Kier alpha value is -1.59. The average molecular weight is 863 g/mol. The molecule has 0 aromatic carbocycles. The van der Waals surface area contributed by atoms with Gasteiger partial charge in [-0.2, -0.15) is 0 Å². The summed E-state index contributed by atoms with van der Waals surface area (Å²) in [6.07, 6.45) is 46.8. The van der Waals surface area contributed by atoms with Crippen LogP contribution in [0.25, 0.3) is 0 Å². The van der Waals surface area contributed by atoms with E-state index in [1.54, 1.807) is 0 Å². The molecule has 0 saturated carbocycles. The first-order valence-corrected chi connectivity index (χ1v) is 27.2. The molecule has 0 N–H and O–H groups in total. The van der Waals surface area contributed by atoms with Gasteiger partial charge in [0.1, 0.15) is 13.2 Å². The van der Waals surface area contributed by atoms with E-state index in [1.807, 2.05) is 0 Å². The Kier molecular flexibility index (Phi) is 45.2. The Bertz CT molecular complexity index is 949. The van der Waals surface area contributed by atoms with Crippen molar-refractivity contribution in [2.24, 2.45) is 17.8 Å². The monoisotopic (exact) mass is 863 g/mol. The SMILES string of the molecule is CCC(C)CCCCCCCCCCCCCCCCCCCCC(=O)OC[C@@H](COC(=O)CCCCCCCCC(C)C)OC(=O)CCCCCCCCCCC(C)CC. The lowest BCUT2D eigenvalue weighted by molar-refractivity contribution is -0.167. The molecule has 2 unspecified atom stereocenters. The van der Waals surface area contributed by atoms with Crippen LogP contribution in [0.1, 0.15) is 298 Å². The fraction of sp³-hybridized carbons (Fsp3) is 0.945. The molecule has 362 valence electrons. The van der Waals surface area contributed by atoms with Crippen LogP contribution in [0.5, 0.6) is 0 Å². The number of hydrogen-bond donors (Lipinski definition) is 0. The third-order valence-corrected chi connectivity index (χ3v) is 13.1. The van der Waals surface area contributed by atoms with E-state index < -0.39 is 6.10 Å². The largest absolute Gasteiger partial charge is 0.462 e. The Balaban J connectivity index is 4.17. The standard InChI is InChI=1S/C55H106O6/c1-7-50(5)42-36-30-23-19-17-15-13-11-9-10-12-14-16-18-20-25-32-38-44-53(56)59-47-52(48-60-54(57)45-39-33-28-27-29-35-41-49(3)4)61-55(58)46-40-34-26-22-21-24-31-37-43-51(6)8-2/h49-52H,7-48H2,1-6H3/t50?,51?,52-/m0/s1. The third kappa shape index (κ3) is 46.2. The van der Waals surface area contributed by atoms with Crippen LogP contribution in [-0.2, 0) is 28.6 Å². The first-order valence-electron chi connectivity index (χ1n) is 27.2. The summed E-state index contributed by atoms with van der Waals surface area (Å²) in [5, 5.41) is 0. The molecule has 61 heavy (non-hydrogen) atoms. The molecule has 0 heterocycles. The molecular formula is C55H106O6. The number of esters is 3. The molecule has 0 radical (unpaired) electrons. The maximum absolute atomic E-state index is 12.8. The molecule has 3 atom stereocenters. The summed E-state index contributed by atoms with van der Waals surface area (Å²) >= 11 is 0. The quantitative estimate of drug-likeness (QED) is 0.0344. The molecule has 6 nitrogen and oxygen atoms in total. The van der Waals surface area contributed by atoms with E-state index in [4.69, 9.17) is 14.2 Å². The topological polar surface area (TPSA) is 78.9 Å². The summed E-state index contributed by atoms with van der Waals surface area (Å²) < 4.78 is 16.8. The molecule has 0 fully saturated rings. The molecule has 0 saturated heterocycles. The van der Waals surface area contributed by atoms with Gasteiger partial charge in [0.2, 0.25) is 0 Å². The second-order valence-corrected chi connectivity index (χ2v) is 19.8. The number of rotatable bonds is 48. The lowest BCUT2D eigenvalue weighted by atomic mass is 9.99. The van der Waals surface area contributed by atoms with Gasteiger partial charge in [0, 0.05) is 19.3 Å². The van der Waals surface area contributed by atoms with Crippen molar-refractivity contribution >= 4 is 17.9 Å². The van der Waals surface area contributed by atoms with Gasteiger partial charge >= 0.3 is 17.9 Å². The van der Waals surface area contributed by atoms with E-state index >= 15 is 0 Å². The Morgan fingerprint density at radius 1 is 0.328 bits per heavy atom. The maximum atomic E-state index is 12.8. The molecule has 0 aliphatic heterocycles. The van der Waals surface area contributed by atoms with Crippen LogP contribution < -0.4 is 0 Å². The van der Waals surface area contributed by atoms with Gasteiger partial charge in [0.05, 0.1) is 0 Å². The molecule has 0 rings (SSSR count). The van der Waals surface area contributed by atoms with Crippen LogP contribution in [0.3, 0.4) is 0 Å². The van der Waals surface area contributed by atoms with E-state index in [1.165, 1.54) is 180 Å². The van der Waals surface area contributed by atoms with Gasteiger partial charge in [0.15, 0.2) is 6.10 Å². The fourth-order valence-electron chi connectivity index (χ4n) is 8.23. The van der Waals surface area contributed by atoms with Crippen LogP contribution in [0.4, 0.5) is 0 Å². The zero-order valence-electron chi connectivity index (χ0n) is 42.0. The van der Waals surface area contributed by atoms with Crippen molar-refractivity contribution in [1.82, 2.24) is 0 Å². The van der Waals surface area contributed by atoms with E-state index in [0.717, 1.165) is 75.5 Å². The Morgan fingerprint density at radius 2 is 0.574 bits per heavy atom. The van der Waals surface area contributed by atoms with Gasteiger partial charge in [-0.15, -0.1) is 0 Å². The number of hydrogen-bond acceptors (Lipinski definition) is 6. The Morgan fingerprint density at radius 3 is 0.852 bits per heavy atom. The lowest BCUT2D eigenvalue weighted by Crippen LogP contribution is -2.30. The molecule has 0 amide bonds. The second kappa shape index (κ2) is 46.4. The average Bonchev–Trinajstić information content (AvgIpc) is 3.24. The third-order valence-electron chi connectivity index (χ3n) is 13.1. The number of carbonyl (C=O) groups excluding carboxylic acids is 3. The van der Waals surface area contributed by atoms with Gasteiger partial charge in [-0.1, -0.05) is 260 Å². The van der Waals surface area contributed by atoms with Crippen molar-refractivity contribution in [3.8, 4) is 0 Å². The van der Waals surface area contributed by atoms with E-state index in [2.05, 4.69) is 41.5 Å². The number of unbranched alkanes of at least 4 members (excludes halogenated alkanes) is 29. The minimum absolute atomic E-state index is 0.0655. The predicted molar refractivity (Wildman–Crippen MR) is 261 cm³/mol. The summed E-state index contributed by atoms with van der Waals surface area (Å²) in [6, 6.07) is 0. The first kappa shape index (κ1) is 59.4. The molecule has 0 aliphatic rings. The lowest BCUT2D eigenvalue weighted by Gasteiger charge is -2.18. The highest BCUT2D eigenvalue weighted by Gasteiger charge is 2.19. The van der Waals surface area contributed by atoms with Crippen LogP contribution >= 0.6 is 0 Å². The molecule has 0 bridgehead atoms. The van der Waals surface area contributed by atoms with Crippen molar-refractivity contribution in [2.45, 2.75) is 304 Å². The Labute approximate surface area is 380 Å². The van der Waals surface area contributed by atoms with Gasteiger partial charge in [-0.25, -0.2) is 0 Å². The summed E-state index contributed by atoms with van der Waals surface area (Å²) in [5.41, 5.74) is 0. The highest BCUT2D eigenvalue weighted by Crippen LogP contribution is 2.19. The van der Waals surface area contributed by atoms with E-state index in [0.29, 0.717) is 19.3 Å². The van der Waals surface area contributed by atoms with Crippen LogP contribution in [0, 0.1) is 17.8 Å². The van der Waals surface area contributed by atoms with Gasteiger partial charge in [-0.05, 0) is 37.0 Å². The normalized spacial score (nSPS) is 13.0. The molecule has 0 aromatic rings. The van der Waals surface area contributed by atoms with Crippen molar-refractivity contribution < 1.29 is 28.6 Å². The summed E-state index contributed by atoms with van der Waals surface area (Å²) in [6.45, 7) is 13.7. The van der Waals surface area contributed by atoms with Crippen molar-refractivity contribution in [2.75, 3.05) is 13.2 Å². The second-order valence-electron chi connectivity index (χ2n) is 19.8. The molecule has 0 aliphatic carbocycles. The minimum Gasteiger partial charge on any atom is -0.462 e. The summed E-state index contributed by atoms with van der Waals surface area (Å²) in [4.78, 5) is 37.9. The maximum Gasteiger partial charge on any atom is 0.306 e. The summed E-state index contributed by atoms with van der Waals surface area (Å²) in [5.74, 6) is 1.66. The smallest absolute Gasteiger partial charge is 0.306 e. The number of ether oxygens (including phenoxy) is 3.